The zero-order chi connectivity index (χ0) is 21.0. The van der Waals surface area contributed by atoms with Gasteiger partial charge in [0, 0.05) is 19.5 Å². The van der Waals surface area contributed by atoms with Crippen LogP contribution in [0.5, 0.6) is 11.5 Å². The first-order chi connectivity index (χ1) is 13.8. The lowest BCUT2D eigenvalue weighted by Gasteiger charge is -2.19. The number of hydrogen-bond donors (Lipinski definition) is 2. The molecule has 1 saturated carbocycles. The molecule has 0 bridgehead atoms. The number of carbonyl (C=O) groups is 3. The average Bonchev–Trinajstić information content (AvgIpc) is 3.24. The van der Waals surface area contributed by atoms with E-state index in [4.69, 9.17) is 4.74 Å². The smallest absolute Gasteiger partial charge is 0.387 e. The largest absolute Gasteiger partial charge is 0.493 e. The molecule has 10 heteroatoms. The van der Waals surface area contributed by atoms with Crippen LogP contribution in [-0.4, -0.2) is 48.6 Å². The molecule has 1 aliphatic carbocycles. The second kappa shape index (κ2) is 8.62. The number of halogens is 2. The number of amides is 4. The summed E-state index contributed by atoms with van der Waals surface area (Å²) in [5, 5.41) is 5.44. The summed E-state index contributed by atoms with van der Waals surface area (Å²) in [5.41, 5.74) is -0.164. The Hall–Kier alpha value is -2.91. The maximum absolute atomic E-state index is 12.5. The number of hydrogen-bond acceptors (Lipinski definition) is 5. The Morgan fingerprint density at radius 2 is 2.00 bits per heavy atom. The summed E-state index contributed by atoms with van der Waals surface area (Å²) in [6, 6.07) is 3.89. The molecule has 8 nitrogen and oxygen atoms in total. The molecule has 1 spiro atoms. The summed E-state index contributed by atoms with van der Waals surface area (Å²) < 4.78 is 34.1. The summed E-state index contributed by atoms with van der Waals surface area (Å²) in [4.78, 5) is 37.9. The average molecular weight is 411 g/mol. The number of alkyl halides is 2. The van der Waals surface area contributed by atoms with Gasteiger partial charge < -0.3 is 20.1 Å². The quantitative estimate of drug-likeness (QED) is 0.639. The number of urea groups is 1. The number of methoxy groups -OCH3 is 1. The Morgan fingerprint density at radius 3 is 2.66 bits per heavy atom. The maximum atomic E-state index is 12.5. The Morgan fingerprint density at radius 1 is 1.28 bits per heavy atom. The molecule has 0 atom stereocenters. The molecular formula is C19H23F2N3O5. The van der Waals surface area contributed by atoms with E-state index in [0.29, 0.717) is 18.4 Å². The predicted octanol–water partition coefficient (Wildman–Crippen LogP) is 2.17. The lowest BCUT2D eigenvalue weighted by atomic mass is 9.98. The zero-order valence-electron chi connectivity index (χ0n) is 16.0. The van der Waals surface area contributed by atoms with Gasteiger partial charge in [-0.1, -0.05) is 18.9 Å². The van der Waals surface area contributed by atoms with E-state index in [1.54, 1.807) is 0 Å². The van der Waals surface area contributed by atoms with Gasteiger partial charge in [-0.3, -0.25) is 14.5 Å². The van der Waals surface area contributed by atoms with Crippen molar-refractivity contribution in [3.63, 3.8) is 0 Å². The van der Waals surface area contributed by atoms with Crippen LogP contribution in [0.3, 0.4) is 0 Å². The van der Waals surface area contributed by atoms with Crippen LogP contribution < -0.4 is 20.1 Å². The fourth-order valence-electron chi connectivity index (χ4n) is 3.71. The van der Waals surface area contributed by atoms with Crippen LogP contribution in [0.15, 0.2) is 18.2 Å². The number of ether oxygens (including phenoxy) is 2. The van der Waals surface area contributed by atoms with Crippen molar-refractivity contribution in [2.45, 2.75) is 50.8 Å². The van der Waals surface area contributed by atoms with Crippen molar-refractivity contribution in [1.82, 2.24) is 15.5 Å². The molecule has 2 aliphatic rings. The number of rotatable bonds is 8. The van der Waals surface area contributed by atoms with Crippen LogP contribution in [0.1, 0.15) is 37.7 Å². The van der Waals surface area contributed by atoms with E-state index in [2.05, 4.69) is 15.4 Å². The van der Waals surface area contributed by atoms with E-state index >= 15 is 0 Å². The van der Waals surface area contributed by atoms with Crippen molar-refractivity contribution in [2.24, 2.45) is 0 Å². The fourth-order valence-corrected chi connectivity index (χ4v) is 3.71. The van der Waals surface area contributed by atoms with Gasteiger partial charge in [-0.2, -0.15) is 8.78 Å². The van der Waals surface area contributed by atoms with Crippen molar-refractivity contribution >= 4 is 17.8 Å². The van der Waals surface area contributed by atoms with E-state index < -0.39 is 18.2 Å². The molecule has 1 saturated heterocycles. The van der Waals surface area contributed by atoms with Crippen molar-refractivity contribution in [3.8, 4) is 11.5 Å². The maximum Gasteiger partial charge on any atom is 0.387 e. The van der Waals surface area contributed by atoms with E-state index in [1.807, 2.05) is 0 Å². The molecule has 1 aliphatic heterocycles. The van der Waals surface area contributed by atoms with Gasteiger partial charge in [0.15, 0.2) is 11.5 Å². The van der Waals surface area contributed by atoms with Gasteiger partial charge in [0.25, 0.3) is 5.91 Å². The predicted molar refractivity (Wildman–Crippen MR) is 97.5 cm³/mol. The van der Waals surface area contributed by atoms with Crippen molar-refractivity contribution in [1.29, 1.82) is 0 Å². The topological polar surface area (TPSA) is 97.0 Å². The Kier molecular flexibility index (Phi) is 6.19. The summed E-state index contributed by atoms with van der Waals surface area (Å²) in [7, 11) is 1.32. The second-order valence-electron chi connectivity index (χ2n) is 7.07. The van der Waals surface area contributed by atoms with Gasteiger partial charge >= 0.3 is 12.6 Å². The third-order valence-corrected chi connectivity index (χ3v) is 5.20. The van der Waals surface area contributed by atoms with Crippen LogP contribution in [0.2, 0.25) is 0 Å². The fraction of sp³-hybridized carbons (Fsp3) is 0.526. The molecular weight excluding hydrogens is 388 g/mol. The number of nitrogens with zero attached hydrogens (tertiary/aromatic N) is 1. The van der Waals surface area contributed by atoms with E-state index in [-0.39, 0.29) is 42.8 Å². The highest BCUT2D eigenvalue weighted by molar-refractivity contribution is 6.07. The minimum absolute atomic E-state index is 0.00272. The van der Waals surface area contributed by atoms with E-state index in [0.717, 1.165) is 17.7 Å². The normalized spacial score (nSPS) is 17.7. The van der Waals surface area contributed by atoms with Crippen LogP contribution in [0.25, 0.3) is 0 Å². The summed E-state index contributed by atoms with van der Waals surface area (Å²) >= 11 is 0. The van der Waals surface area contributed by atoms with Gasteiger partial charge in [0.2, 0.25) is 5.91 Å². The first-order valence-electron chi connectivity index (χ1n) is 9.37. The minimum atomic E-state index is -2.97. The molecule has 158 valence electrons. The molecule has 1 heterocycles. The van der Waals surface area contributed by atoms with Gasteiger partial charge in [0.05, 0.1) is 7.11 Å². The number of imide groups is 1. The second-order valence-corrected chi connectivity index (χ2v) is 7.07. The van der Waals surface area contributed by atoms with Gasteiger partial charge in [-0.25, -0.2) is 4.79 Å². The molecule has 29 heavy (non-hydrogen) atoms. The molecule has 2 N–H and O–H groups in total. The lowest BCUT2D eigenvalue weighted by molar-refractivity contribution is -0.131. The lowest BCUT2D eigenvalue weighted by Crippen LogP contribution is -2.44. The van der Waals surface area contributed by atoms with Crippen molar-refractivity contribution in [2.75, 3.05) is 13.7 Å². The Bertz CT molecular complexity index is 796. The Labute approximate surface area is 166 Å². The molecule has 1 aromatic rings. The molecule has 0 aromatic heterocycles. The molecule has 0 unspecified atom stereocenters. The minimum Gasteiger partial charge on any atom is -0.493 e. The highest BCUT2D eigenvalue weighted by Crippen LogP contribution is 2.35. The molecule has 1 aromatic carbocycles. The first kappa shape index (κ1) is 20.8. The van der Waals surface area contributed by atoms with E-state index in [1.165, 1.54) is 25.3 Å². The van der Waals surface area contributed by atoms with Gasteiger partial charge in [-0.05, 0) is 30.5 Å². The standard InChI is InChI=1S/C19H23F2N3O5/c1-28-14-10-12(4-5-13(14)29-17(20)21)11-22-15(25)6-9-24-16(26)19(23-18(24)27)7-2-3-8-19/h4-5,10,17H,2-3,6-9,11H2,1H3,(H,22,25)(H,23,27). The van der Waals surface area contributed by atoms with Crippen LogP contribution in [-0.2, 0) is 16.1 Å². The zero-order valence-corrected chi connectivity index (χ0v) is 16.0. The van der Waals surface area contributed by atoms with E-state index in [9.17, 15) is 23.2 Å². The SMILES string of the molecule is COc1cc(CNC(=O)CCN2C(=O)NC3(CCCC3)C2=O)ccc1OC(F)F. The highest BCUT2D eigenvalue weighted by Gasteiger charge is 2.52. The third kappa shape index (κ3) is 4.57. The Balaban J connectivity index is 1.50. The van der Waals surface area contributed by atoms with Crippen LogP contribution in [0.4, 0.5) is 13.6 Å². The van der Waals surface area contributed by atoms with Crippen molar-refractivity contribution in [3.05, 3.63) is 23.8 Å². The number of nitrogens with one attached hydrogen (secondary N) is 2. The monoisotopic (exact) mass is 411 g/mol. The third-order valence-electron chi connectivity index (χ3n) is 5.20. The number of carbonyl (C=O) groups excluding carboxylic acids is 3. The molecule has 3 rings (SSSR count). The van der Waals surface area contributed by atoms with Crippen LogP contribution in [0, 0.1) is 0 Å². The summed E-state index contributed by atoms with van der Waals surface area (Å²) in [6.45, 7) is -2.83. The molecule has 0 radical (unpaired) electrons. The summed E-state index contributed by atoms with van der Waals surface area (Å²) in [5.74, 6) is -0.577. The summed E-state index contributed by atoms with van der Waals surface area (Å²) in [6.07, 6.45) is 3.02. The number of benzene rings is 1. The van der Waals surface area contributed by atoms with Crippen LogP contribution >= 0.6 is 0 Å². The van der Waals surface area contributed by atoms with Gasteiger partial charge in [-0.15, -0.1) is 0 Å². The van der Waals surface area contributed by atoms with Crippen molar-refractivity contribution < 1.29 is 32.6 Å². The first-order valence-corrected chi connectivity index (χ1v) is 9.37. The van der Waals surface area contributed by atoms with Gasteiger partial charge in [0.1, 0.15) is 5.54 Å². The molecule has 4 amide bonds. The molecule has 2 fully saturated rings. The highest BCUT2D eigenvalue weighted by atomic mass is 19.3.